The quantitative estimate of drug-likeness (QED) is 0.114. The van der Waals surface area contributed by atoms with Crippen molar-refractivity contribution in [1.82, 2.24) is 4.57 Å². The summed E-state index contributed by atoms with van der Waals surface area (Å²) in [5.74, 6) is 0.0409. The number of fused-ring (bicyclic) bond motifs is 1. The third-order valence-corrected chi connectivity index (χ3v) is 7.14. The molecular weight excluding hydrogens is 530 g/mol. The predicted octanol–water partition coefficient (Wildman–Crippen LogP) is 7.47. The molecule has 4 aromatic rings. The fourth-order valence-electron chi connectivity index (χ4n) is 5.31. The molecule has 42 heavy (non-hydrogen) atoms. The van der Waals surface area contributed by atoms with Gasteiger partial charge in [-0.2, -0.15) is 0 Å². The normalized spacial score (nSPS) is 11.3. The van der Waals surface area contributed by atoms with E-state index in [0.29, 0.717) is 31.7 Å². The molecule has 1 aromatic heterocycles. The zero-order valence-corrected chi connectivity index (χ0v) is 24.6. The van der Waals surface area contributed by atoms with Crippen molar-refractivity contribution < 1.29 is 29.3 Å². The van der Waals surface area contributed by atoms with E-state index in [-0.39, 0.29) is 12.8 Å². The summed E-state index contributed by atoms with van der Waals surface area (Å²) in [7, 11) is 0. The summed E-state index contributed by atoms with van der Waals surface area (Å²) in [6.07, 6.45) is 8.06. The van der Waals surface area contributed by atoms with Gasteiger partial charge in [0.25, 0.3) is 0 Å². The van der Waals surface area contributed by atoms with Crippen LogP contribution in [0.2, 0.25) is 0 Å². The minimum absolute atomic E-state index is 0.0646. The second kappa shape index (κ2) is 14.4. The number of hydrogen-bond acceptors (Lipinski definition) is 4. The summed E-state index contributed by atoms with van der Waals surface area (Å²) in [5.41, 5.74) is 7.11. The molecule has 0 unspecified atom stereocenters. The van der Waals surface area contributed by atoms with Crippen molar-refractivity contribution in [1.29, 1.82) is 0 Å². The lowest BCUT2D eigenvalue weighted by atomic mass is 10.0. The highest BCUT2D eigenvalue weighted by atomic mass is 16.5. The molecule has 0 spiro atoms. The summed E-state index contributed by atoms with van der Waals surface area (Å²) < 4.78 is 13.9. The zero-order valence-electron chi connectivity index (χ0n) is 24.6. The van der Waals surface area contributed by atoms with E-state index in [1.807, 2.05) is 65.4 Å². The first-order valence-corrected chi connectivity index (χ1v) is 14.4. The molecular formula is C35H39NO6. The van der Waals surface area contributed by atoms with Crippen LogP contribution in [0.3, 0.4) is 0 Å². The lowest BCUT2D eigenvalue weighted by Crippen LogP contribution is -2.04. The lowest BCUT2D eigenvalue weighted by Gasteiger charge is -2.13. The Bertz CT molecular complexity index is 1540. The average Bonchev–Trinajstić information content (AvgIpc) is 3.28. The van der Waals surface area contributed by atoms with E-state index in [2.05, 4.69) is 32.9 Å². The Morgan fingerprint density at radius 1 is 0.833 bits per heavy atom. The lowest BCUT2D eigenvalue weighted by molar-refractivity contribution is -0.137. The van der Waals surface area contributed by atoms with Gasteiger partial charge >= 0.3 is 11.9 Å². The molecule has 7 heteroatoms. The van der Waals surface area contributed by atoms with Gasteiger partial charge in [0.05, 0.1) is 19.6 Å². The number of aryl methyl sites for hydroxylation is 4. The van der Waals surface area contributed by atoms with Crippen LogP contribution in [-0.4, -0.2) is 39.9 Å². The van der Waals surface area contributed by atoms with E-state index >= 15 is 0 Å². The summed E-state index contributed by atoms with van der Waals surface area (Å²) in [4.78, 5) is 22.5. The maximum absolute atomic E-state index is 11.5. The fraction of sp³-hybridized carbons (Fsp3) is 0.314. The fourth-order valence-corrected chi connectivity index (χ4v) is 5.31. The molecule has 0 fully saturated rings. The van der Waals surface area contributed by atoms with Gasteiger partial charge < -0.3 is 24.3 Å². The van der Waals surface area contributed by atoms with Crippen LogP contribution in [0.4, 0.5) is 0 Å². The summed E-state index contributed by atoms with van der Waals surface area (Å²) in [6.45, 7) is 8.04. The average molecular weight is 570 g/mol. The third-order valence-electron chi connectivity index (χ3n) is 7.14. The molecule has 3 aromatic carbocycles. The largest absolute Gasteiger partial charge is 0.494 e. The summed E-state index contributed by atoms with van der Waals surface area (Å²) in [5, 5.41) is 19.3. The van der Waals surface area contributed by atoms with Crippen LogP contribution < -0.4 is 9.47 Å². The first-order chi connectivity index (χ1) is 20.2. The molecule has 0 aliphatic heterocycles. The smallest absolute Gasteiger partial charge is 0.307 e. The Morgan fingerprint density at radius 3 is 2.19 bits per heavy atom. The number of unbranched alkanes of at least 4 members (excludes halogenated alkanes) is 1. The first kappa shape index (κ1) is 30.4. The van der Waals surface area contributed by atoms with Gasteiger partial charge in [0.15, 0.2) is 0 Å². The van der Waals surface area contributed by atoms with E-state index in [1.165, 1.54) is 16.7 Å². The van der Waals surface area contributed by atoms with Crippen LogP contribution in [0.15, 0.2) is 60.8 Å². The number of benzene rings is 3. The Labute approximate surface area is 247 Å². The molecule has 0 atom stereocenters. The van der Waals surface area contributed by atoms with E-state index in [4.69, 9.17) is 14.6 Å². The standard InChI is InChI=1S/C35H39NO6/c1-24-20-25(2)35(26(3)21-24)42-19-5-4-18-41-30-15-12-27(13-16-30)11-14-28-8-6-9-31-34(28)29(22-33(39)40)23-36(31)17-7-10-32(37)38/h6,8-9,11-16,20-21,23H,4-5,7,10,17-19,22H2,1-3H3,(H,37,38)(H,39,40). The van der Waals surface area contributed by atoms with Gasteiger partial charge in [0.1, 0.15) is 11.5 Å². The molecule has 0 aliphatic carbocycles. The van der Waals surface area contributed by atoms with Gasteiger partial charge in [-0.15, -0.1) is 0 Å². The Morgan fingerprint density at radius 2 is 1.52 bits per heavy atom. The minimum Gasteiger partial charge on any atom is -0.494 e. The van der Waals surface area contributed by atoms with E-state index < -0.39 is 11.9 Å². The number of aliphatic carboxylic acids is 2. The first-order valence-electron chi connectivity index (χ1n) is 14.4. The number of hydrogen-bond donors (Lipinski definition) is 2. The van der Waals surface area contributed by atoms with Crippen LogP contribution in [0.5, 0.6) is 11.5 Å². The second-order valence-corrected chi connectivity index (χ2v) is 10.7. The third kappa shape index (κ3) is 8.26. The summed E-state index contributed by atoms with van der Waals surface area (Å²) in [6, 6.07) is 18.0. The number of carbonyl (C=O) groups is 2. The van der Waals surface area contributed by atoms with Crippen LogP contribution in [0, 0.1) is 20.8 Å². The minimum atomic E-state index is -0.905. The second-order valence-electron chi connectivity index (χ2n) is 10.7. The molecule has 0 saturated heterocycles. The maximum Gasteiger partial charge on any atom is 0.307 e. The molecule has 2 N–H and O–H groups in total. The monoisotopic (exact) mass is 569 g/mol. The molecule has 220 valence electrons. The van der Waals surface area contributed by atoms with Gasteiger partial charge in [-0.25, -0.2) is 0 Å². The molecule has 0 bridgehead atoms. The van der Waals surface area contributed by atoms with E-state index in [0.717, 1.165) is 46.4 Å². The molecule has 0 aliphatic rings. The van der Waals surface area contributed by atoms with Crippen molar-refractivity contribution in [3.05, 3.63) is 94.2 Å². The predicted molar refractivity (Wildman–Crippen MR) is 166 cm³/mol. The number of rotatable bonds is 15. The van der Waals surface area contributed by atoms with Gasteiger partial charge in [-0.05, 0) is 86.1 Å². The van der Waals surface area contributed by atoms with E-state index in [1.54, 1.807) is 0 Å². The molecule has 0 amide bonds. The molecule has 7 nitrogen and oxygen atoms in total. The van der Waals surface area contributed by atoms with Crippen molar-refractivity contribution in [3.63, 3.8) is 0 Å². The molecule has 0 radical (unpaired) electrons. The number of carboxylic acids is 2. The highest BCUT2D eigenvalue weighted by Gasteiger charge is 2.14. The van der Waals surface area contributed by atoms with Crippen molar-refractivity contribution >= 4 is 35.0 Å². The molecule has 4 rings (SSSR count). The van der Waals surface area contributed by atoms with Crippen LogP contribution in [0.25, 0.3) is 23.1 Å². The Kier molecular flexibility index (Phi) is 10.4. The van der Waals surface area contributed by atoms with Gasteiger partial charge in [0.2, 0.25) is 0 Å². The van der Waals surface area contributed by atoms with Gasteiger partial charge in [0, 0.05) is 30.1 Å². The number of aromatic nitrogens is 1. The van der Waals surface area contributed by atoms with Crippen molar-refractivity contribution in [3.8, 4) is 11.5 Å². The Hall–Kier alpha value is -4.52. The maximum atomic E-state index is 11.5. The highest BCUT2D eigenvalue weighted by Crippen LogP contribution is 2.28. The number of nitrogens with zero attached hydrogens (tertiary/aromatic N) is 1. The van der Waals surface area contributed by atoms with Gasteiger partial charge in [-0.3, -0.25) is 9.59 Å². The van der Waals surface area contributed by atoms with Crippen molar-refractivity contribution in [2.75, 3.05) is 13.2 Å². The zero-order chi connectivity index (χ0) is 30.1. The van der Waals surface area contributed by atoms with E-state index in [9.17, 15) is 14.7 Å². The number of ether oxygens (including phenoxy) is 2. The Balaban J connectivity index is 1.33. The SMILES string of the molecule is Cc1cc(C)c(OCCCCOc2ccc(C=Cc3cccc4c3c(CC(=O)O)cn4CCCC(=O)O)cc2)c(C)c1. The topological polar surface area (TPSA) is 98.0 Å². The van der Waals surface area contributed by atoms with Crippen LogP contribution in [0.1, 0.15) is 59.1 Å². The van der Waals surface area contributed by atoms with Gasteiger partial charge in [-0.1, -0.05) is 54.1 Å². The molecule has 0 saturated carbocycles. The van der Waals surface area contributed by atoms with Crippen molar-refractivity contribution in [2.24, 2.45) is 0 Å². The molecule has 1 heterocycles. The summed E-state index contributed by atoms with van der Waals surface area (Å²) >= 11 is 0. The number of carboxylic acid groups (broad SMARTS) is 2. The van der Waals surface area contributed by atoms with Crippen molar-refractivity contribution in [2.45, 2.75) is 59.4 Å². The van der Waals surface area contributed by atoms with Crippen LogP contribution >= 0.6 is 0 Å². The highest BCUT2D eigenvalue weighted by molar-refractivity contribution is 5.96. The van der Waals surface area contributed by atoms with Crippen LogP contribution in [-0.2, 0) is 22.6 Å².